The number of H-pyrrole nitrogens is 1. The Bertz CT molecular complexity index is 763. The Labute approximate surface area is 141 Å². The van der Waals surface area contributed by atoms with E-state index in [0.717, 1.165) is 11.9 Å². The molecule has 5 nitrogen and oxygen atoms in total. The summed E-state index contributed by atoms with van der Waals surface area (Å²) in [5.74, 6) is -1.11. The highest BCUT2D eigenvalue weighted by Gasteiger charge is 2.34. The van der Waals surface area contributed by atoms with Crippen LogP contribution in [-0.4, -0.2) is 30.5 Å². The Morgan fingerprint density at radius 3 is 2.75 bits per heavy atom. The fourth-order valence-electron chi connectivity index (χ4n) is 3.31. The van der Waals surface area contributed by atoms with Gasteiger partial charge in [-0.2, -0.15) is 0 Å². The number of aromatic nitrogens is 1. The van der Waals surface area contributed by atoms with Crippen LogP contribution in [0.1, 0.15) is 18.4 Å². The number of para-hydroxylation sites is 1. The lowest BCUT2D eigenvalue weighted by Crippen LogP contribution is -2.39. The number of aromatic amines is 1. The fourth-order valence-corrected chi connectivity index (χ4v) is 3.31. The summed E-state index contributed by atoms with van der Waals surface area (Å²) in [5, 5.41) is 4.15. The number of carbonyl (C=O) groups is 2. The SMILES string of the molecule is COC(=O)[C@@H]1CC=CC[C@H]1C(=O)NCCc1c[nH]c2ccccc12. The average Bonchev–Trinajstić information content (AvgIpc) is 3.04. The van der Waals surface area contributed by atoms with Gasteiger partial charge in [-0.25, -0.2) is 0 Å². The summed E-state index contributed by atoms with van der Waals surface area (Å²) in [4.78, 5) is 27.5. The highest BCUT2D eigenvalue weighted by molar-refractivity contribution is 5.86. The van der Waals surface area contributed by atoms with Gasteiger partial charge in [-0.05, 0) is 30.9 Å². The van der Waals surface area contributed by atoms with Crippen molar-refractivity contribution in [2.45, 2.75) is 19.3 Å². The number of hydrogen-bond donors (Lipinski definition) is 2. The lowest BCUT2D eigenvalue weighted by molar-refractivity contribution is -0.150. The monoisotopic (exact) mass is 326 g/mol. The van der Waals surface area contributed by atoms with Gasteiger partial charge in [-0.15, -0.1) is 0 Å². The van der Waals surface area contributed by atoms with E-state index in [2.05, 4.69) is 16.4 Å². The van der Waals surface area contributed by atoms with E-state index in [1.165, 1.54) is 18.1 Å². The summed E-state index contributed by atoms with van der Waals surface area (Å²) in [6, 6.07) is 8.11. The molecule has 0 fully saturated rings. The molecule has 126 valence electrons. The maximum Gasteiger partial charge on any atom is 0.309 e. The number of carbonyl (C=O) groups excluding carboxylic acids is 2. The zero-order valence-corrected chi connectivity index (χ0v) is 13.7. The molecule has 24 heavy (non-hydrogen) atoms. The second-order valence-electron chi connectivity index (χ2n) is 6.08. The first-order valence-corrected chi connectivity index (χ1v) is 8.26. The van der Waals surface area contributed by atoms with Gasteiger partial charge in [-0.1, -0.05) is 30.4 Å². The van der Waals surface area contributed by atoms with E-state index in [1.807, 2.05) is 36.5 Å². The van der Waals surface area contributed by atoms with Crippen molar-refractivity contribution in [2.24, 2.45) is 11.8 Å². The molecule has 0 bridgehead atoms. The van der Waals surface area contributed by atoms with E-state index < -0.39 is 0 Å². The molecule has 2 atom stereocenters. The molecule has 0 spiro atoms. The van der Waals surface area contributed by atoms with Crippen molar-refractivity contribution in [3.8, 4) is 0 Å². The Balaban J connectivity index is 1.59. The molecule has 2 aromatic rings. The molecule has 3 rings (SSSR count). The lowest BCUT2D eigenvalue weighted by Gasteiger charge is -2.25. The van der Waals surface area contributed by atoms with Crippen LogP contribution >= 0.6 is 0 Å². The molecule has 0 radical (unpaired) electrons. The summed E-state index contributed by atoms with van der Waals surface area (Å²) < 4.78 is 4.82. The van der Waals surface area contributed by atoms with Gasteiger partial charge in [0.2, 0.25) is 5.91 Å². The molecule has 5 heteroatoms. The minimum Gasteiger partial charge on any atom is -0.469 e. The van der Waals surface area contributed by atoms with Crippen LogP contribution in [0.5, 0.6) is 0 Å². The summed E-state index contributed by atoms with van der Waals surface area (Å²) in [6.07, 6.45) is 7.78. The first-order valence-electron chi connectivity index (χ1n) is 8.26. The summed E-state index contributed by atoms with van der Waals surface area (Å²) >= 11 is 0. The van der Waals surface area contributed by atoms with Gasteiger partial charge >= 0.3 is 5.97 Å². The number of nitrogens with one attached hydrogen (secondary N) is 2. The number of hydrogen-bond acceptors (Lipinski definition) is 3. The Hall–Kier alpha value is -2.56. The minimum atomic E-state index is -0.381. The van der Waals surface area contributed by atoms with Crippen LogP contribution in [0, 0.1) is 11.8 Å². The number of benzene rings is 1. The lowest BCUT2D eigenvalue weighted by atomic mass is 9.82. The third kappa shape index (κ3) is 3.35. The second-order valence-corrected chi connectivity index (χ2v) is 6.08. The normalized spacial score (nSPS) is 20.0. The second kappa shape index (κ2) is 7.34. The molecule has 0 saturated carbocycles. The maximum absolute atomic E-state index is 12.5. The van der Waals surface area contributed by atoms with Crippen molar-refractivity contribution in [3.05, 3.63) is 48.2 Å². The van der Waals surface area contributed by atoms with Gasteiger partial charge in [0.05, 0.1) is 18.9 Å². The fraction of sp³-hybridized carbons (Fsp3) is 0.368. The van der Waals surface area contributed by atoms with Gasteiger partial charge in [0.1, 0.15) is 0 Å². The standard InChI is InChI=1S/C19H22N2O3/c1-24-19(23)16-8-3-2-7-15(16)18(22)20-11-10-13-12-21-17-9-5-4-6-14(13)17/h2-6,9,12,15-16,21H,7-8,10-11H2,1H3,(H,20,22)/t15-,16-/m1/s1. The third-order valence-corrected chi connectivity index (χ3v) is 4.64. The third-order valence-electron chi connectivity index (χ3n) is 4.64. The van der Waals surface area contributed by atoms with E-state index in [4.69, 9.17) is 4.74 Å². The summed E-state index contributed by atoms with van der Waals surface area (Å²) in [5.41, 5.74) is 2.28. The van der Waals surface area contributed by atoms with Gasteiger partial charge in [0, 0.05) is 23.6 Å². The minimum absolute atomic E-state index is 0.0745. The van der Waals surface area contributed by atoms with Gasteiger partial charge < -0.3 is 15.0 Å². The van der Waals surface area contributed by atoms with Crippen LogP contribution < -0.4 is 5.32 Å². The molecule has 1 heterocycles. The first-order chi connectivity index (χ1) is 11.7. The smallest absolute Gasteiger partial charge is 0.309 e. The topological polar surface area (TPSA) is 71.2 Å². The van der Waals surface area contributed by atoms with E-state index in [1.54, 1.807) is 0 Å². The van der Waals surface area contributed by atoms with Crippen molar-refractivity contribution in [1.82, 2.24) is 10.3 Å². The molecule has 1 aliphatic carbocycles. The molecule has 1 aromatic heterocycles. The Kier molecular flexibility index (Phi) is 4.99. The number of methoxy groups -OCH3 is 1. The predicted molar refractivity (Wildman–Crippen MR) is 92.4 cm³/mol. The molecule has 1 amide bonds. The molecule has 0 saturated heterocycles. The van der Waals surface area contributed by atoms with Crippen LogP contribution in [0.3, 0.4) is 0 Å². The maximum atomic E-state index is 12.5. The van der Waals surface area contributed by atoms with Crippen LogP contribution in [-0.2, 0) is 20.7 Å². The average molecular weight is 326 g/mol. The number of fused-ring (bicyclic) bond motifs is 1. The molecule has 0 aliphatic heterocycles. The largest absolute Gasteiger partial charge is 0.469 e. The molecule has 2 N–H and O–H groups in total. The van der Waals surface area contributed by atoms with E-state index in [9.17, 15) is 9.59 Å². The number of allylic oxidation sites excluding steroid dienone is 2. The number of amides is 1. The zero-order chi connectivity index (χ0) is 16.9. The van der Waals surface area contributed by atoms with E-state index in [-0.39, 0.29) is 23.7 Å². The molecule has 1 aliphatic rings. The predicted octanol–water partition coefficient (Wildman–Crippen LogP) is 2.58. The van der Waals surface area contributed by atoms with Crippen LogP contribution in [0.2, 0.25) is 0 Å². The molecule has 1 aromatic carbocycles. The van der Waals surface area contributed by atoms with Gasteiger partial charge in [-0.3, -0.25) is 9.59 Å². The van der Waals surface area contributed by atoms with E-state index >= 15 is 0 Å². The van der Waals surface area contributed by atoms with Crippen LogP contribution in [0.4, 0.5) is 0 Å². The highest BCUT2D eigenvalue weighted by atomic mass is 16.5. The van der Waals surface area contributed by atoms with Gasteiger partial charge in [0.25, 0.3) is 0 Å². The van der Waals surface area contributed by atoms with Gasteiger partial charge in [0.15, 0.2) is 0 Å². The molecular weight excluding hydrogens is 304 g/mol. The number of ether oxygens (including phenoxy) is 1. The van der Waals surface area contributed by atoms with Crippen molar-refractivity contribution in [1.29, 1.82) is 0 Å². The Morgan fingerprint density at radius 1 is 1.21 bits per heavy atom. The van der Waals surface area contributed by atoms with Crippen molar-refractivity contribution in [2.75, 3.05) is 13.7 Å². The Morgan fingerprint density at radius 2 is 1.96 bits per heavy atom. The summed E-state index contributed by atoms with van der Waals surface area (Å²) in [7, 11) is 1.37. The van der Waals surface area contributed by atoms with Crippen LogP contribution in [0.15, 0.2) is 42.6 Å². The zero-order valence-electron chi connectivity index (χ0n) is 13.7. The number of esters is 1. The number of rotatable bonds is 5. The summed E-state index contributed by atoms with van der Waals surface area (Å²) in [6.45, 7) is 0.550. The van der Waals surface area contributed by atoms with Crippen molar-refractivity contribution in [3.63, 3.8) is 0 Å². The molecular formula is C19H22N2O3. The van der Waals surface area contributed by atoms with Crippen molar-refractivity contribution < 1.29 is 14.3 Å². The highest BCUT2D eigenvalue weighted by Crippen LogP contribution is 2.27. The van der Waals surface area contributed by atoms with Crippen molar-refractivity contribution >= 4 is 22.8 Å². The van der Waals surface area contributed by atoms with E-state index in [0.29, 0.717) is 19.4 Å². The quantitative estimate of drug-likeness (QED) is 0.655. The van der Waals surface area contributed by atoms with Crippen LogP contribution in [0.25, 0.3) is 10.9 Å². The molecule has 0 unspecified atom stereocenters. The first kappa shape index (κ1) is 16.3.